The predicted octanol–water partition coefficient (Wildman–Crippen LogP) is 0.965. The van der Waals surface area contributed by atoms with E-state index in [9.17, 15) is 4.79 Å². The first kappa shape index (κ1) is 13.7. The molecule has 0 spiro atoms. The fourth-order valence-electron chi connectivity index (χ4n) is 1.67. The fourth-order valence-corrected chi connectivity index (χ4v) is 1.67. The third-order valence-electron chi connectivity index (χ3n) is 2.70. The fraction of sp³-hybridized carbons (Fsp3) is 0.250. The van der Waals surface area contributed by atoms with Crippen LogP contribution in [0.15, 0.2) is 12.1 Å². The number of aromatic amines is 1. The molecule has 0 aliphatic carbocycles. The average molecular weight is 277 g/mol. The van der Waals surface area contributed by atoms with Gasteiger partial charge in [0.15, 0.2) is 11.5 Å². The maximum atomic E-state index is 12.0. The number of hydrogen-bond donors (Lipinski definition) is 3. The number of amides is 1. The molecule has 8 nitrogen and oxygen atoms in total. The second-order valence-electron chi connectivity index (χ2n) is 4.02. The Labute approximate surface area is 115 Å². The SMILES string of the molecule is COc1cc(C)c(NC(=O)c2nc(N)n[nH]2)cc1OC. The van der Waals surface area contributed by atoms with Crippen LogP contribution < -0.4 is 20.5 Å². The van der Waals surface area contributed by atoms with E-state index in [1.54, 1.807) is 19.2 Å². The Bertz CT molecular complexity index is 638. The third kappa shape index (κ3) is 2.63. The Kier molecular flexibility index (Phi) is 3.74. The Morgan fingerprint density at radius 2 is 1.95 bits per heavy atom. The summed E-state index contributed by atoms with van der Waals surface area (Å²) >= 11 is 0. The second kappa shape index (κ2) is 5.47. The molecule has 2 rings (SSSR count). The topological polar surface area (TPSA) is 115 Å². The smallest absolute Gasteiger partial charge is 0.293 e. The predicted molar refractivity (Wildman–Crippen MR) is 73.0 cm³/mol. The van der Waals surface area contributed by atoms with E-state index in [1.807, 2.05) is 6.92 Å². The molecular formula is C12H15N5O3. The highest BCUT2D eigenvalue weighted by Gasteiger charge is 2.14. The summed E-state index contributed by atoms with van der Waals surface area (Å²) in [6.45, 7) is 1.84. The average Bonchev–Trinajstić information content (AvgIpc) is 2.87. The highest BCUT2D eigenvalue weighted by molar-refractivity contribution is 6.02. The number of H-pyrrole nitrogens is 1. The first-order chi connectivity index (χ1) is 9.55. The van der Waals surface area contributed by atoms with Crippen molar-refractivity contribution < 1.29 is 14.3 Å². The molecule has 0 aliphatic rings. The van der Waals surface area contributed by atoms with Gasteiger partial charge in [-0.1, -0.05) is 0 Å². The lowest BCUT2D eigenvalue weighted by Crippen LogP contribution is -2.14. The zero-order valence-corrected chi connectivity index (χ0v) is 11.4. The number of ether oxygens (including phenoxy) is 2. The van der Waals surface area contributed by atoms with Crippen LogP contribution in [0, 0.1) is 6.92 Å². The van der Waals surface area contributed by atoms with E-state index < -0.39 is 5.91 Å². The van der Waals surface area contributed by atoms with Gasteiger partial charge in [-0.05, 0) is 18.6 Å². The zero-order valence-electron chi connectivity index (χ0n) is 11.4. The largest absolute Gasteiger partial charge is 0.493 e. The number of nitrogen functional groups attached to an aromatic ring is 1. The third-order valence-corrected chi connectivity index (χ3v) is 2.70. The van der Waals surface area contributed by atoms with Gasteiger partial charge >= 0.3 is 0 Å². The molecular weight excluding hydrogens is 262 g/mol. The molecule has 0 unspecified atom stereocenters. The molecule has 0 fully saturated rings. The molecule has 1 heterocycles. The minimum Gasteiger partial charge on any atom is -0.493 e. The molecule has 0 bridgehead atoms. The van der Waals surface area contributed by atoms with Crippen molar-refractivity contribution in [2.75, 3.05) is 25.3 Å². The highest BCUT2D eigenvalue weighted by atomic mass is 16.5. The van der Waals surface area contributed by atoms with Crippen LogP contribution in [-0.2, 0) is 0 Å². The molecule has 8 heteroatoms. The monoisotopic (exact) mass is 277 g/mol. The van der Waals surface area contributed by atoms with E-state index in [4.69, 9.17) is 15.2 Å². The molecule has 0 aliphatic heterocycles. The number of methoxy groups -OCH3 is 2. The van der Waals surface area contributed by atoms with Crippen LogP contribution in [0.25, 0.3) is 0 Å². The molecule has 2 aromatic rings. The number of nitrogens with one attached hydrogen (secondary N) is 2. The summed E-state index contributed by atoms with van der Waals surface area (Å²) in [5, 5.41) is 8.74. The van der Waals surface area contributed by atoms with Crippen LogP contribution in [-0.4, -0.2) is 35.3 Å². The van der Waals surface area contributed by atoms with Crippen LogP contribution in [0.2, 0.25) is 0 Å². The molecule has 1 aromatic carbocycles. The van der Waals surface area contributed by atoms with Gasteiger partial charge in [0.25, 0.3) is 5.91 Å². The molecule has 0 atom stereocenters. The van der Waals surface area contributed by atoms with Crippen molar-refractivity contribution >= 4 is 17.5 Å². The number of rotatable bonds is 4. The summed E-state index contributed by atoms with van der Waals surface area (Å²) in [4.78, 5) is 15.7. The van der Waals surface area contributed by atoms with E-state index in [-0.39, 0.29) is 11.8 Å². The van der Waals surface area contributed by atoms with Crippen LogP contribution in [0.1, 0.15) is 16.2 Å². The highest BCUT2D eigenvalue weighted by Crippen LogP contribution is 2.32. The van der Waals surface area contributed by atoms with Crippen molar-refractivity contribution in [1.82, 2.24) is 15.2 Å². The first-order valence-corrected chi connectivity index (χ1v) is 5.77. The molecule has 20 heavy (non-hydrogen) atoms. The van der Waals surface area contributed by atoms with Gasteiger partial charge in [-0.25, -0.2) is 0 Å². The van der Waals surface area contributed by atoms with E-state index in [2.05, 4.69) is 20.5 Å². The van der Waals surface area contributed by atoms with Crippen molar-refractivity contribution in [1.29, 1.82) is 0 Å². The summed E-state index contributed by atoms with van der Waals surface area (Å²) < 4.78 is 10.4. The van der Waals surface area contributed by atoms with Gasteiger partial charge in [0.2, 0.25) is 11.8 Å². The van der Waals surface area contributed by atoms with Gasteiger partial charge in [-0.2, -0.15) is 4.98 Å². The molecule has 1 aromatic heterocycles. The summed E-state index contributed by atoms with van der Waals surface area (Å²) in [5.74, 6) is 0.720. The van der Waals surface area contributed by atoms with Crippen molar-refractivity contribution in [2.45, 2.75) is 6.92 Å². The Morgan fingerprint density at radius 3 is 2.50 bits per heavy atom. The number of benzene rings is 1. The Hall–Kier alpha value is -2.77. The first-order valence-electron chi connectivity index (χ1n) is 5.77. The molecule has 0 saturated carbocycles. The number of carbonyl (C=O) groups is 1. The zero-order chi connectivity index (χ0) is 14.7. The Balaban J connectivity index is 2.27. The standard InChI is InChI=1S/C12H15N5O3/c1-6-4-8(19-2)9(20-3)5-7(6)14-11(18)10-15-12(13)17-16-10/h4-5H,1-3H3,(H,14,18)(H3,13,15,16,17). The number of aromatic nitrogens is 3. The van der Waals surface area contributed by atoms with Crippen molar-refractivity contribution in [2.24, 2.45) is 0 Å². The minimum atomic E-state index is -0.440. The summed E-state index contributed by atoms with van der Waals surface area (Å²) in [7, 11) is 3.07. The van der Waals surface area contributed by atoms with Crippen molar-refractivity contribution in [3.63, 3.8) is 0 Å². The molecule has 4 N–H and O–H groups in total. The van der Waals surface area contributed by atoms with E-state index in [0.717, 1.165) is 5.56 Å². The minimum absolute atomic E-state index is 0.0131. The lowest BCUT2D eigenvalue weighted by molar-refractivity contribution is 0.101. The number of anilines is 2. The summed E-state index contributed by atoms with van der Waals surface area (Å²) in [6.07, 6.45) is 0. The van der Waals surface area contributed by atoms with E-state index >= 15 is 0 Å². The maximum absolute atomic E-state index is 12.0. The lowest BCUT2D eigenvalue weighted by atomic mass is 10.1. The number of carbonyl (C=O) groups excluding carboxylic acids is 1. The molecule has 106 valence electrons. The van der Waals surface area contributed by atoms with Crippen LogP contribution in [0.4, 0.5) is 11.6 Å². The number of nitrogens with zero attached hydrogens (tertiary/aromatic N) is 2. The van der Waals surface area contributed by atoms with Gasteiger partial charge < -0.3 is 20.5 Å². The van der Waals surface area contributed by atoms with E-state index in [0.29, 0.717) is 17.2 Å². The van der Waals surface area contributed by atoms with Crippen LogP contribution in [0.3, 0.4) is 0 Å². The normalized spacial score (nSPS) is 10.2. The maximum Gasteiger partial charge on any atom is 0.293 e. The van der Waals surface area contributed by atoms with Gasteiger partial charge in [-0.3, -0.25) is 9.89 Å². The molecule has 1 amide bonds. The van der Waals surface area contributed by atoms with E-state index in [1.165, 1.54) is 7.11 Å². The van der Waals surface area contributed by atoms with Crippen molar-refractivity contribution in [3.05, 3.63) is 23.5 Å². The van der Waals surface area contributed by atoms with Gasteiger partial charge in [0.05, 0.1) is 14.2 Å². The number of nitrogens with two attached hydrogens (primary N) is 1. The number of aryl methyl sites for hydroxylation is 1. The summed E-state index contributed by atoms with van der Waals surface area (Å²) in [5.41, 5.74) is 6.76. The van der Waals surface area contributed by atoms with Crippen molar-refractivity contribution in [3.8, 4) is 11.5 Å². The molecule has 0 radical (unpaired) electrons. The van der Waals surface area contributed by atoms with Gasteiger partial charge in [-0.15, -0.1) is 5.10 Å². The Morgan fingerprint density at radius 1 is 1.30 bits per heavy atom. The molecule has 0 saturated heterocycles. The summed E-state index contributed by atoms with van der Waals surface area (Å²) in [6, 6.07) is 3.44. The van der Waals surface area contributed by atoms with Crippen LogP contribution >= 0.6 is 0 Å². The second-order valence-corrected chi connectivity index (χ2v) is 4.02. The number of hydrogen-bond acceptors (Lipinski definition) is 6. The quantitative estimate of drug-likeness (QED) is 0.766. The van der Waals surface area contributed by atoms with Crippen LogP contribution in [0.5, 0.6) is 11.5 Å². The van der Waals surface area contributed by atoms with Gasteiger partial charge in [0, 0.05) is 11.8 Å². The van der Waals surface area contributed by atoms with Gasteiger partial charge in [0.1, 0.15) is 0 Å². The lowest BCUT2D eigenvalue weighted by Gasteiger charge is -2.13.